The van der Waals surface area contributed by atoms with E-state index in [9.17, 15) is 0 Å². The molecule has 0 fully saturated rings. The molecular formula is C44H38N2O. The third-order valence-corrected chi connectivity index (χ3v) is 10.0. The van der Waals surface area contributed by atoms with Crippen molar-refractivity contribution in [2.75, 3.05) is 0 Å². The van der Waals surface area contributed by atoms with Gasteiger partial charge in [0, 0.05) is 27.2 Å². The van der Waals surface area contributed by atoms with Gasteiger partial charge in [0.05, 0.1) is 27.8 Å². The van der Waals surface area contributed by atoms with Crippen molar-refractivity contribution in [1.29, 1.82) is 0 Å². The molecule has 0 radical (unpaired) electrons. The van der Waals surface area contributed by atoms with Gasteiger partial charge in [-0.25, -0.2) is 0 Å². The Bertz CT molecular complexity index is 2480. The molecular weight excluding hydrogens is 572 g/mol. The molecule has 0 N–H and O–H groups in total. The highest BCUT2D eigenvalue weighted by atomic mass is 16.5. The van der Waals surface area contributed by atoms with Crippen LogP contribution in [0.4, 0.5) is 0 Å². The normalized spacial score (nSPS) is 13.1. The summed E-state index contributed by atoms with van der Waals surface area (Å²) in [6.07, 6.45) is 0. The maximum atomic E-state index is 6.56. The van der Waals surface area contributed by atoms with E-state index in [0.29, 0.717) is 0 Å². The lowest BCUT2D eigenvalue weighted by molar-refractivity contribution is 0.476. The summed E-state index contributed by atoms with van der Waals surface area (Å²) in [5.74, 6) is 1.77. The molecule has 0 bridgehead atoms. The zero-order valence-corrected chi connectivity index (χ0v) is 27.8. The fraction of sp³-hybridized carbons (Fsp3) is 0.182. The van der Waals surface area contributed by atoms with Gasteiger partial charge in [-0.2, -0.15) is 0 Å². The van der Waals surface area contributed by atoms with E-state index in [-0.39, 0.29) is 10.8 Å². The van der Waals surface area contributed by atoms with Crippen molar-refractivity contribution in [3.8, 4) is 34.0 Å². The van der Waals surface area contributed by atoms with Crippen LogP contribution in [0.25, 0.3) is 66.1 Å². The lowest BCUT2D eigenvalue weighted by Gasteiger charge is -2.21. The number of benzene rings is 6. The first kappa shape index (κ1) is 28.0. The third kappa shape index (κ3) is 4.19. The van der Waals surface area contributed by atoms with Crippen LogP contribution in [0.5, 0.6) is 11.5 Å². The molecule has 0 saturated carbocycles. The van der Waals surface area contributed by atoms with E-state index in [1.807, 2.05) is 0 Å². The van der Waals surface area contributed by atoms with E-state index in [2.05, 4.69) is 172 Å². The average Bonchev–Trinajstić information content (AvgIpc) is 3.57. The van der Waals surface area contributed by atoms with Crippen molar-refractivity contribution >= 4 is 43.6 Å². The molecule has 0 amide bonds. The Balaban J connectivity index is 1.16. The zero-order chi connectivity index (χ0) is 32.2. The highest BCUT2D eigenvalue weighted by Gasteiger charge is 2.24. The smallest absolute Gasteiger partial charge is 0.152 e. The predicted molar refractivity (Wildman–Crippen MR) is 198 cm³/mol. The molecule has 2 aromatic heterocycles. The molecule has 47 heavy (non-hydrogen) atoms. The molecule has 9 rings (SSSR count). The molecule has 6 aromatic carbocycles. The van der Waals surface area contributed by atoms with Crippen molar-refractivity contribution in [3.05, 3.63) is 132 Å². The molecule has 0 atom stereocenters. The van der Waals surface area contributed by atoms with E-state index >= 15 is 0 Å². The van der Waals surface area contributed by atoms with Crippen LogP contribution in [-0.4, -0.2) is 9.13 Å². The van der Waals surface area contributed by atoms with Crippen LogP contribution < -0.4 is 4.74 Å². The highest BCUT2D eigenvalue weighted by molar-refractivity contribution is 6.12. The molecule has 1 aliphatic rings. The number of hydrogen-bond acceptors (Lipinski definition) is 1. The first-order valence-electron chi connectivity index (χ1n) is 16.6. The van der Waals surface area contributed by atoms with E-state index in [1.54, 1.807) is 0 Å². The SMILES string of the molecule is CC(C)(C)c1ccc2c(c1)c1cc(C(C)(C)C)ccc1n2-c1ccc(-c2ccc3c(c2)Oc2cccc4c5ccccc5n-3c24)cc1. The van der Waals surface area contributed by atoms with Crippen LogP contribution in [0, 0.1) is 0 Å². The molecule has 230 valence electrons. The number of hydrogen-bond donors (Lipinski definition) is 0. The molecule has 0 unspecified atom stereocenters. The van der Waals surface area contributed by atoms with Crippen LogP contribution in [0.2, 0.25) is 0 Å². The number of aromatic nitrogens is 2. The molecule has 1 aliphatic heterocycles. The Labute approximate surface area is 275 Å². The van der Waals surface area contributed by atoms with E-state index in [4.69, 9.17) is 4.74 Å². The molecule has 3 heterocycles. The van der Waals surface area contributed by atoms with Crippen molar-refractivity contribution in [3.63, 3.8) is 0 Å². The van der Waals surface area contributed by atoms with Gasteiger partial charge in [0.1, 0.15) is 0 Å². The van der Waals surface area contributed by atoms with Crippen LogP contribution >= 0.6 is 0 Å². The number of rotatable bonds is 2. The fourth-order valence-corrected chi connectivity index (χ4v) is 7.44. The number of fused-ring (bicyclic) bond motifs is 8. The summed E-state index contributed by atoms with van der Waals surface area (Å²) in [6, 6.07) is 44.6. The van der Waals surface area contributed by atoms with Crippen LogP contribution in [0.1, 0.15) is 52.7 Å². The van der Waals surface area contributed by atoms with E-state index in [1.165, 1.54) is 49.2 Å². The van der Waals surface area contributed by atoms with Crippen LogP contribution in [0.3, 0.4) is 0 Å². The number of nitrogens with zero attached hydrogens (tertiary/aromatic N) is 2. The van der Waals surface area contributed by atoms with E-state index in [0.717, 1.165) is 39.5 Å². The monoisotopic (exact) mass is 610 g/mol. The highest BCUT2D eigenvalue weighted by Crippen LogP contribution is 2.46. The van der Waals surface area contributed by atoms with Crippen molar-refractivity contribution < 1.29 is 4.74 Å². The second-order valence-corrected chi connectivity index (χ2v) is 15.1. The van der Waals surface area contributed by atoms with Gasteiger partial charge < -0.3 is 13.9 Å². The van der Waals surface area contributed by atoms with Crippen LogP contribution in [0.15, 0.2) is 121 Å². The second kappa shape index (κ2) is 9.62. The van der Waals surface area contributed by atoms with Gasteiger partial charge in [-0.05, 0) is 93.7 Å². The van der Waals surface area contributed by atoms with Gasteiger partial charge in [0.15, 0.2) is 11.5 Å². The maximum absolute atomic E-state index is 6.56. The Hall–Kier alpha value is -5.28. The van der Waals surface area contributed by atoms with E-state index < -0.39 is 0 Å². The number of ether oxygens (including phenoxy) is 1. The Morgan fingerprint density at radius 2 is 1.04 bits per heavy atom. The van der Waals surface area contributed by atoms with Gasteiger partial charge in [0.25, 0.3) is 0 Å². The summed E-state index contributed by atoms with van der Waals surface area (Å²) >= 11 is 0. The standard InChI is InChI=1S/C44H38N2O/c1-43(2,3)29-17-22-37-34(25-29)35-26-30(44(4,5)6)18-23-38(35)45(37)31-19-14-27(15-20-31)28-16-21-39-41(24-28)47-40-13-9-11-33-32-10-7-8-12-36(32)46(39)42(33)40/h7-26H,1-6H3. The zero-order valence-electron chi connectivity index (χ0n) is 27.8. The van der Waals surface area contributed by atoms with Gasteiger partial charge in [-0.3, -0.25) is 0 Å². The van der Waals surface area contributed by atoms with Crippen molar-refractivity contribution in [2.45, 2.75) is 52.4 Å². The second-order valence-electron chi connectivity index (χ2n) is 15.1. The summed E-state index contributed by atoms with van der Waals surface area (Å²) in [5.41, 5.74) is 12.2. The average molecular weight is 611 g/mol. The minimum Gasteiger partial charge on any atom is -0.453 e. The van der Waals surface area contributed by atoms with Gasteiger partial charge in [-0.1, -0.05) is 102 Å². The van der Waals surface area contributed by atoms with Crippen LogP contribution in [-0.2, 0) is 10.8 Å². The first-order chi connectivity index (χ1) is 22.6. The molecule has 3 heteroatoms. The minimum atomic E-state index is 0.0764. The lowest BCUT2D eigenvalue weighted by atomic mass is 9.85. The quantitative estimate of drug-likeness (QED) is 0.191. The fourth-order valence-electron chi connectivity index (χ4n) is 7.44. The Kier molecular flexibility index (Phi) is 5.73. The maximum Gasteiger partial charge on any atom is 0.152 e. The molecule has 8 aromatic rings. The van der Waals surface area contributed by atoms with Crippen molar-refractivity contribution in [1.82, 2.24) is 9.13 Å². The number of para-hydroxylation sites is 2. The summed E-state index contributed by atoms with van der Waals surface area (Å²) in [4.78, 5) is 0. The molecule has 0 spiro atoms. The van der Waals surface area contributed by atoms with Crippen molar-refractivity contribution in [2.24, 2.45) is 0 Å². The Morgan fingerprint density at radius 3 is 1.70 bits per heavy atom. The van der Waals surface area contributed by atoms with Gasteiger partial charge in [0.2, 0.25) is 0 Å². The Morgan fingerprint density at radius 1 is 0.447 bits per heavy atom. The van der Waals surface area contributed by atoms with Gasteiger partial charge >= 0.3 is 0 Å². The molecule has 3 nitrogen and oxygen atoms in total. The largest absolute Gasteiger partial charge is 0.453 e. The molecule has 0 aliphatic carbocycles. The summed E-state index contributed by atoms with van der Waals surface area (Å²) < 4.78 is 11.3. The summed E-state index contributed by atoms with van der Waals surface area (Å²) in [7, 11) is 0. The first-order valence-corrected chi connectivity index (χ1v) is 16.6. The third-order valence-electron chi connectivity index (χ3n) is 10.0. The predicted octanol–water partition coefficient (Wildman–Crippen LogP) is 12.2. The summed E-state index contributed by atoms with van der Waals surface area (Å²) in [6.45, 7) is 13.7. The summed E-state index contributed by atoms with van der Waals surface area (Å²) in [5, 5.41) is 5.08. The van der Waals surface area contributed by atoms with Gasteiger partial charge in [-0.15, -0.1) is 0 Å². The topological polar surface area (TPSA) is 19.1 Å². The lowest BCUT2D eigenvalue weighted by Crippen LogP contribution is -2.10. The molecule has 0 saturated heterocycles. The minimum absolute atomic E-state index is 0.0764.